The fourth-order valence-electron chi connectivity index (χ4n) is 1.35. The third-order valence-corrected chi connectivity index (χ3v) is 2.82. The van der Waals surface area contributed by atoms with Crippen molar-refractivity contribution in [2.45, 2.75) is 19.8 Å². The molecule has 0 saturated heterocycles. The van der Waals surface area contributed by atoms with Gasteiger partial charge < -0.3 is 16.4 Å². The second kappa shape index (κ2) is 8.53. The summed E-state index contributed by atoms with van der Waals surface area (Å²) in [5.74, 6) is 0.330. The largest absolute Gasteiger partial charge is 0.370 e. The van der Waals surface area contributed by atoms with E-state index in [2.05, 4.69) is 31.6 Å². The fourth-order valence-corrected chi connectivity index (χ4v) is 1.61. The maximum Gasteiger partial charge on any atom is 0.226 e. The molecule has 0 aliphatic carbocycles. The Hall–Kier alpha value is -1.56. The van der Waals surface area contributed by atoms with Crippen molar-refractivity contribution in [2.24, 2.45) is 10.7 Å². The van der Waals surface area contributed by atoms with Crippen molar-refractivity contribution < 1.29 is 4.79 Å². The SMILES string of the molecule is CCCN=C(N)NCCC(=O)Nc1ccc(Br)cc1. The second-order valence-electron chi connectivity index (χ2n) is 4.00. The monoisotopic (exact) mass is 326 g/mol. The molecule has 0 saturated carbocycles. The number of anilines is 1. The number of hydrogen-bond donors (Lipinski definition) is 3. The quantitative estimate of drug-likeness (QED) is 0.553. The van der Waals surface area contributed by atoms with Crippen LogP contribution in [0.3, 0.4) is 0 Å². The molecule has 6 heteroatoms. The lowest BCUT2D eigenvalue weighted by molar-refractivity contribution is -0.116. The first-order chi connectivity index (χ1) is 9.11. The van der Waals surface area contributed by atoms with Crippen LogP contribution in [0.2, 0.25) is 0 Å². The van der Waals surface area contributed by atoms with E-state index in [0.29, 0.717) is 25.5 Å². The molecule has 19 heavy (non-hydrogen) atoms. The van der Waals surface area contributed by atoms with E-state index < -0.39 is 0 Å². The molecule has 5 nitrogen and oxygen atoms in total. The summed E-state index contributed by atoms with van der Waals surface area (Å²) in [5.41, 5.74) is 6.40. The molecule has 0 aromatic heterocycles. The number of hydrogen-bond acceptors (Lipinski definition) is 2. The van der Waals surface area contributed by atoms with Crippen LogP contribution in [-0.4, -0.2) is 25.0 Å². The second-order valence-corrected chi connectivity index (χ2v) is 4.91. The van der Waals surface area contributed by atoms with Crippen molar-refractivity contribution in [3.8, 4) is 0 Å². The van der Waals surface area contributed by atoms with Gasteiger partial charge in [-0.3, -0.25) is 9.79 Å². The summed E-state index contributed by atoms with van der Waals surface area (Å²) in [6.07, 6.45) is 1.30. The lowest BCUT2D eigenvalue weighted by Gasteiger charge is -2.07. The highest BCUT2D eigenvalue weighted by atomic mass is 79.9. The zero-order chi connectivity index (χ0) is 14.1. The maximum atomic E-state index is 11.6. The lowest BCUT2D eigenvalue weighted by atomic mass is 10.3. The van der Waals surface area contributed by atoms with Gasteiger partial charge in [0.15, 0.2) is 5.96 Å². The van der Waals surface area contributed by atoms with Gasteiger partial charge in [-0.1, -0.05) is 22.9 Å². The van der Waals surface area contributed by atoms with Crippen LogP contribution in [0.4, 0.5) is 5.69 Å². The van der Waals surface area contributed by atoms with Crippen molar-refractivity contribution in [2.75, 3.05) is 18.4 Å². The van der Waals surface area contributed by atoms with Gasteiger partial charge in [-0.15, -0.1) is 0 Å². The van der Waals surface area contributed by atoms with Gasteiger partial charge in [-0.05, 0) is 30.7 Å². The van der Waals surface area contributed by atoms with Crippen molar-refractivity contribution >= 4 is 33.5 Å². The van der Waals surface area contributed by atoms with Crippen molar-refractivity contribution in [1.29, 1.82) is 0 Å². The highest BCUT2D eigenvalue weighted by molar-refractivity contribution is 9.10. The van der Waals surface area contributed by atoms with E-state index in [-0.39, 0.29) is 5.91 Å². The van der Waals surface area contributed by atoms with Crippen LogP contribution in [0.1, 0.15) is 19.8 Å². The van der Waals surface area contributed by atoms with Gasteiger partial charge in [0.2, 0.25) is 5.91 Å². The van der Waals surface area contributed by atoms with Crippen LogP contribution in [0.15, 0.2) is 33.7 Å². The number of carbonyl (C=O) groups excluding carboxylic acids is 1. The third-order valence-electron chi connectivity index (χ3n) is 2.29. The normalized spacial score (nSPS) is 11.2. The molecule has 0 heterocycles. The van der Waals surface area contributed by atoms with Gasteiger partial charge in [-0.25, -0.2) is 0 Å². The van der Waals surface area contributed by atoms with Crippen molar-refractivity contribution in [1.82, 2.24) is 5.32 Å². The van der Waals surface area contributed by atoms with E-state index in [0.717, 1.165) is 16.6 Å². The number of nitrogens with zero attached hydrogens (tertiary/aromatic N) is 1. The van der Waals surface area contributed by atoms with Crippen LogP contribution in [0, 0.1) is 0 Å². The summed E-state index contributed by atoms with van der Waals surface area (Å²) in [6.45, 7) is 3.20. The zero-order valence-electron chi connectivity index (χ0n) is 10.9. The molecule has 0 unspecified atom stereocenters. The number of benzene rings is 1. The Morgan fingerprint density at radius 2 is 2.05 bits per heavy atom. The standard InChI is InChI=1S/C13H19BrN4O/c1-2-8-16-13(15)17-9-7-12(19)18-11-5-3-10(14)4-6-11/h3-6H,2,7-9H2,1H3,(H,18,19)(H3,15,16,17). The molecule has 0 spiro atoms. The molecular formula is C13H19BrN4O. The van der Waals surface area contributed by atoms with Gasteiger partial charge >= 0.3 is 0 Å². The number of halogens is 1. The molecule has 104 valence electrons. The van der Waals surface area contributed by atoms with Gasteiger partial charge in [-0.2, -0.15) is 0 Å². The average molecular weight is 327 g/mol. The Balaban J connectivity index is 2.26. The summed E-state index contributed by atoms with van der Waals surface area (Å²) < 4.78 is 0.979. The summed E-state index contributed by atoms with van der Waals surface area (Å²) in [6, 6.07) is 7.44. The Morgan fingerprint density at radius 1 is 1.37 bits per heavy atom. The molecule has 0 aliphatic heterocycles. The molecule has 1 rings (SSSR count). The molecule has 0 aliphatic rings. The molecule has 0 atom stereocenters. The van der Waals surface area contributed by atoms with E-state index in [1.165, 1.54) is 0 Å². The van der Waals surface area contributed by atoms with Crippen LogP contribution in [0.5, 0.6) is 0 Å². The smallest absolute Gasteiger partial charge is 0.226 e. The molecule has 1 aromatic rings. The van der Waals surface area contributed by atoms with Crippen LogP contribution < -0.4 is 16.4 Å². The first-order valence-electron chi connectivity index (χ1n) is 6.21. The average Bonchev–Trinajstić information content (AvgIpc) is 2.39. The maximum absolute atomic E-state index is 11.6. The van der Waals surface area contributed by atoms with Crippen LogP contribution >= 0.6 is 15.9 Å². The topological polar surface area (TPSA) is 79.5 Å². The zero-order valence-corrected chi connectivity index (χ0v) is 12.5. The van der Waals surface area contributed by atoms with Gasteiger partial charge in [0.1, 0.15) is 0 Å². The molecule has 1 amide bonds. The molecule has 0 radical (unpaired) electrons. The van der Waals surface area contributed by atoms with E-state index >= 15 is 0 Å². The van der Waals surface area contributed by atoms with Crippen molar-refractivity contribution in [3.63, 3.8) is 0 Å². The summed E-state index contributed by atoms with van der Waals surface area (Å²) >= 11 is 3.34. The lowest BCUT2D eigenvalue weighted by Crippen LogP contribution is -2.34. The van der Waals surface area contributed by atoms with Crippen molar-refractivity contribution in [3.05, 3.63) is 28.7 Å². The molecular weight excluding hydrogens is 308 g/mol. The van der Waals surface area contributed by atoms with Gasteiger partial charge in [0, 0.05) is 29.7 Å². The predicted octanol–water partition coefficient (Wildman–Crippen LogP) is 2.09. The molecule has 0 fully saturated rings. The minimum absolute atomic E-state index is 0.0573. The van der Waals surface area contributed by atoms with Gasteiger partial charge in [0.25, 0.3) is 0 Å². The number of aliphatic imine (C=N–C) groups is 1. The number of nitrogens with one attached hydrogen (secondary N) is 2. The number of nitrogens with two attached hydrogens (primary N) is 1. The highest BCUT2D eigenvalue weighted by Crippen LogP contribution is 2.14. The number of carbonyl (C=O) groups is 1. The predicted molar refractivity (Wildman–Crippen MR) is 82.2 cm³/mol. The Morgan fingerprint density at radius 3 is 2.68 bits per heavy atom. The number of rotatable bonds is 6. The minimum Gasteiger partial charge on any atom is -0.370 e. The molecule has 1 aromatic carbocycles. The minimum atomic E-state index is -0.0573. The first-order valence-corrected chi connectivity index (χ1v) is 7.00. The summed E-state index contributed by atoms with van der Waals surface area (Å²) in [7, 11) is 0. The Kier molecular flexibility index (Phi) is 6.95. The third kappa shape index (κ3) is 6.81. The summed E-state index contributed by atoms with van der Waals surface area (Å²) in [4.78, 5) is 15.7. The molecule has 0 bridgehead atoms. The first kappa shape index (κ1) is 15.5. The fraction of sp³-hybridized carbons (Fsp3) is 0.385. The Bertz CT molecular complexity index is 431. The van der Waals surface area contributed by atoms with E-state index in [1.807, 2.05) is 31.2 Å². The van der Waals surface area contributed by atoms with E-state index in [4.69, 9.17) is 5.73 Å². The Labute approximate surface area is 121 Å². The van der Waals surface area contributed by atoms with Crippen LogP contribution in [-0.2, 0) is 4.79 Å². The highest BCUT2D eigenvalue weighted by Gasteiger charge is 2.02. The van der Waals surface area contributed by atoms with Gasteiger partial charge in [0.05, 0.1) is 0 Å². The van der Waals surface area contributed by atoms with E-state index in [1.54, 1.807) is 0 Å². The van der Waals surface area contributed by atoms with E-state index in [9.17, 15) is 4.79 Å². The summed E-state index contributed by atoms with van der Waals surface area (Å²) in [5, 5.41) is 5.71. The van der Waals surface area contributed by atoms with Crippen LogP contribution in [0.25, 0.3) is 0 Å². The number of guanidine groups is 1. The molecule has 4 N–H and O–H groups in total. The number of amides is 1.